The van der Waals surface area contributed by atoms with Gasteiger partial charge in [0.1, 0.15) is 5.25 Å². The molecule has 6 heteroatoms. The number of carbonyl (C=O) groups excluding carboxylic acids is 2. The number of aliphatic imine (C=N–C) groups is 1. The van der Waals surface area contributed by atoms with Crippen LogP contribution in [0.5, 0.6) is 0 Å². The number of primary amides is 1. The normalized spacial score (nSPS) is 19.0. The van der Waals surface area contributed by atoms with Crippen molar-refractivity contribution in [1.29, 1.82) is 0 Å². The van der Waals surface area contributed by atoms with Crippen LogP contribution in [0.4, 0.5) is 5.69 Å². The van der Waals surface area contributed by atoms with E-state index in [1.165, 1.54) is 11.8 Å². The fourth-order valence-electron chi connectivity index (χ4n) is 2.43. The van der Waals surface area contributed by atoms with Gasteiger partial charge in [0.05, 0.1) is 12.2 Å². The van der Waals surface area contributed by atoms with Crippen LogP contribution in [0, 0.1) is 0 Å². The Labute approximate surface area is 144 Å². The maximum atomic E-state index is 12.7. The molecule has 0 bridgehead atoms. The molecular formula is C18H17N3O2S. The Morgan fingerprint density at radius 2 is 1.71 bits per heavy atom. The average Bonchev–Trinajstić information content (AvgIpc) is 2.85. The van der Waals surface area contributed by atoms with Crippen molar-refractivity contribution >= 4 is 34.4 Å². The first-order valence-electron chi connectivity index (χ1n) is 7.57. The standard InChI is InChI=1S/C18H17N3O2S/c19-16(22)11-15-17(23)21(12-13-7-3-1-4-8-13)18(24-15)20-14-9-5-2-6-10-14/h1-10,15H,11-12H2,(H2,19,22). The number of amides is 2. The number of hydrogen-bond donors (Lipinski definition) is 1. The predicted molar refractivity (Wildman–Crippen MR) is 95.7 cm³/mol. The Morgan fingerprint density at radius 1 is 1.08 bits per heavy atom. The molecule has 2 N–H and O–H groups in total. The van der Waals surface area contributed by atoms with Crippen LogP contribution in [0.2, 0.25) is 0 Å². The zero-order valence-electron chi connectivity index (χ0n) is 13.0. The minimum Gasteiger partial charge on any atom is -0.370 e. The molecule has 0 radical (unpaired) electrons. The Morgan fingerprint density at radius 3 is 2.33 bits per heavy atom. The Bertz CT molecular complexity index is 762. The van der Waals surface area contributed by atoms with Crippen LogP contribution in [0.25, 0.3) is 0 Å². The maximum Gasteiger partial charge on any atom is 0.242 e. The smallest absolute Gasteiger partial charge is 0.242 e. The first kappa shape index (κ1) is 16.3. The van der Waals surface area contributed by atoms with Gasteiger partial charge in [-0.3, -0.25) is 14.5 Å². The van der Waals surface area contributed by atoms with Gasteiger partial charge in [-0.05, 0) is 17.7 Å². The molecule has 1 aliphatic heterocycles. The molecule has 0 spiro atoms. The van der Waals surface area contributed by atoms with Crippen molar-refractivity contribution < 1.29 is 9.59 Å². The molecule has 122 valence electrons. The van der Waals surface area contributed by atoms with Crippen molar-refractivity contribution in [3.63, 3.8) is 0 Å². The quantitative estimate of drug-likeness (QED) is 0.910. The second-order valence-corrected chi connectivity index (χ2v) is 6.59. The molecule has 3 rings (SSSR count). The summed E-state index contributed by atoms with van der Waals surface area (Å²) >= 11 is 1.29. The van der Waals surface area contributed by atoms with Gasteiger partial charge < -0.3 is 5.73 Å². The molecule has 2 aromatic carbocycles. The highest BCUT2D eigenvalue weighted by atomic mass is 32.2. The van der Waals surface area contributed by atoms with Gasteiger partial charge >= 0.3 is 0 Å². The number of rotatable bonds is 5. The van der Waals surface area contributed by atoms with Gasteiger partial charge in [-0.15, -0.1) is 0 Å². The molecule has 1 saturated heterocycles. The molecule has 1 heterocycles. The van der Waals surface area contributed by atoms with Crippen molar-refractivity contribution in [2.45, 2.75) is 18.2 Å². The molecule has 1 fully saturated rings. The van der Waals surface area contributed by atoms with Gasteiger partial charge in [0.25, 0.3) is 0 Å². The van der Waals surface area contributed by atoms with Crippen LogP contribution in [0.1, 0.15) is 12.0 Å². The number of thioether (sulfide) groups is 1. The average molecular weight is 339 g/mol. The second-order valence-electron chi connectivity index (χ2n) is 5.42. The lowest BCUT2D eigenvalue weighted by molar-refractivity contribution is -0.128. The Balaban J connectivity index is 1.89. The number of benzene rings is 2. The SMILES string of the molecule is NC(=O)CC1SC(=Nc2ccccc2)N(Cc2ccccc2)C1=O. The third-order valence-corrected chi connectivity index (χ3v) is 4.75. The Hall–Kier alpha value is -2.60. The van der Waals surface area contributed by atoms with E-state index in [9.17, 15) is 9.59 Å². The maximum absolute atomic E-state index is 12.7. The van der Waals surface area contributed by atoms with Crippen molar-refractivity contribution in [3.8, 4) is 0 Å². The summed E-state index contributed by atoms with van der Waals surface area (Å²) in [6.45, 7) is 0.424. The molecule has 1 aliphatic rings. The number of nitrogens with two attached hydrogens (primary N) is 1. The number of nitrogens with zero attached hydrogens (tertiary/aromatic N) is 2. The van der Waals surface area contributed by atoms with E-state index in [1.54, 1.807) is 4.90 Å². The topological polar surface area (TPSA) is 75.8 Å². The molecule has 0 aliphatic carbocycles. The summed E-state index contributed by atoms with van der Waals surface area (Å²) in [5.41, 5.74) is 7.04. The highest BCUT2D eigenvalue weighted by molar-refractivity contribution is 8.15. The largest absolute Gasteiger partial charge is 0.370 e. The van der Waals surface area contributed by atoms with E-state index in [4.69, 9.17) is 5.73 Å². The first-order valence-corrected chi connectivity index (χ1v) is 8.45. The lowest BCUT2D eigenvalue weighted by Gasteiger charge is -2.16. The van der Waals surface area contributed by atoms with Crippen LogP contribution in [0.15, 0.2) is 65.7 Å². The van der Waals surface area contributed by atoms with Gasteiger partial charge in [0.15, 0.2) is 5.17 Å². The molecule has 5 nitrogen and oxygen atoms in total. The summed E-state index contributed by atoms with van der Waals surface area (Å²) in [5, 5.41) is 0.0926. The molecule has 0 saturated carbocycles. The van der Waals surface area contributed by atoms with Gasteiger partial charge in [0.2, 0.25) is 11.8 Å². The van der Waals surface area contributed by atoms with E-state index in [-0.39, 0.29) is 12.3 Å². The van der Waals surface area contributed by atoms with E-state index in [2.05, 4.69) is 4.99 Å². The van der Waals surface area contributed by atoms with Crippen LogP contribution in [-0.4, -0.2) is 27.1 Å². The van der Waals surface area contributed by atoms with Gasteiger partial charge in [-0.2, -0.15) is 0 Å². The van der Waals surface area contributed by atoms with E-state index in [0.29, 0.717) is 11.7 Å². The number of amidine groups is 1. The van der Waals surface area contributed by atoms with Crippen molar-refractivity contribution in [2.75, 3.05) is 0 Å². The molecule has 0 aromatic heterocycles. The molecule has 1 atom stereocenters. The van der Waals surface area contributed by atoms with E-state index < -0.39 is 11.2 Å². The lowest BCUT2D eigenvalue weighted by Crippen LogP contribution is -2.33. The van der Waals surface area contributed by atoms with E-state index in [0.717, 1.165) is 11.3 Å². The molecule has 24 heavy (non-hydrogen) atoms. The monoisotopic (exact) mass is 339 g/mol. The van der Waals surface area contributed by atoms with Crippen LogP contribution < -0.4 is 5.73 Å². The van der Waals surface area contributed by atoms with Crippen molar-refractivity contribution in [2.24, 2.45) is 10.7 Å². The third kappa shape index (κ3) is 3.83. The summed E-state index contributed by atoms with van der Waals surface area (Å²) in [5.74, 6) is -0.612. The Kier molecular flexibility index (Phi) is 4.96. The van der Waals surface area contributed by atoms with Crippen LogP contribution >= 0.6 is 11.8 Å². The summed E-state index contributed by atoms with van der Waals surface area (Å²) in [6, 6.07) is 19.1. The minimum atomic E-state index is -0.506. The number of hydrogen-bond acceptors (Lipinski definition) is 4. The summed E-state index contributed by atoms with van der Waals surface area (Å²) in [4.78, 5) is 30.1. The van der Waals surface area contributed by atoms with Crippen molar-refractivity contribution in [3.05, 3.63) is 66.2 Å². The lowest BCUT2D eigenvalue weighted by atomic mass is 10.2. The minimum absolute atomic E-state index is 0.0165. The first-order chi connectivity index (χ1) is 11.6. The zero-order chi connectivity index (χ0) is 16.9. The molecule has 2 amide bonds. The zero-order valence-corrected chi connectivity index (χ0v) is 13.8. The van der Waals surface area contributed by atoms with Gasteiger partial charge in [0, 0.05) is 6.42 Å². The van der Waals surface area contributed by atoms with Crippen LogP contribution in [-0.2, 0) is 16.1 Å². The van der Waals surface area contributed by atoms with Crippen LogP contribution in [0.3, 0.4) is 0 Å². The highest BCUT2D eigenvalue weighted by Gasteiger charge is 2.38. The highest BCUT2D eigenvalue weighted by Crippen LogP contribution is 2.32. The number of para-hydroxylation sites is 1. The third-order valence-electron chi connectivity index (χ3n) is 3.57. The molecule has 1 unspecified atom stereocenters. The van der Waals surface area contributed by atoms with E-state index in [1.807, 2.05) is 60.7 Å². The summed E-state index contributed by atoms with van der Waals surface area (Å²) < 4.78 is 0. The van der Waals surface area contributed by atoms with Gasteiger partial charge in [-0.25, -0.2) is 4.99 Å². The summed E-state index contributed by atoms with van der Waals surface area (Å²) in [7, 11) is 0. The van der Waals surface area contributed by atoms with Crippen molar-refractivity contribution in [1.82, 2.24) is 4.90 Å². The molecular weight excluding hydrogens is 322 g/mol. The number of carbonyl (C=O) groups is 2. The van der Waals surface area contributed by atoms with E-state index >= 15 is 0 Å². The molecule has 2 aromatic rings. The fraction of sp³-hybridized carbons (Fsp3) is 0.167. The predicted octanol–water partition coefficient (Wildman–Crippen LogP) is 2.69. The second kappa shape index (κ2) is 7.31. The van der Waals surface area contributed by atoms with Gasteiger partial charge in [-0.1, -0.05) is 60.3 Å². The fourth-order valence-corrected chi connectivity index (χ4v) is 3.60. The summed E-state index contributed by atoms with van der Waals surface area (Å²) in [6.07, 6.45) is 0.0165.